The van der Waals surface area contributed by atoms with Gasteiger partial charge in [-0.2, -0.15) is 0 Å². The number of benzene rings is 3. The Morgan fingerprint density at radius 1 is 0.970 bits per heavy atom. The largest absolute Gasteiger partial charge is 0.449 e. The Balaban J connectivity index is 1.62. The van der Waals surface area contributed by atoms with Crippen LogP contribution in [0.15, 0.2) is 78.9 Å². The molecule has 0 aliphatic carbocycles. The van der Waals surface area contributed by atoms with Crippen LogP contribution < -0.4 is 10.6 Å². The molecule has 0 saturated carbocycles. The molecule has 0 bridgehead atoms. The van der Waals surface area contributed by atoms with Crippen molar-refractivity contribution in [2.45, 2.75) is 18.9 Å². The molecule has 3 aromatic carbocycles. The van der Waals surface area contributed by atoms with Crippen molar-refractivity contribution in [3.05, 3.63) is 105 Å². The third-order valence-electron chi connectivity index (χ3n) is 4.80. The normalized spacial score (nSPS) is 11.3. The molecule has 0 aliphatic rings. The van der Waals surface area contributed by atoms with E-state index in [-0.39, 0.29) is 18.7 Å². The number of carbonyl (C=O) groups excluding carboxylic acids is 2. The third kappa shape index (κ3) is 7.33. The predicted octanol–water partition coefficient (Wildman–Crippen LogP) is 4.77. The molecule has 170 valence electrons. The molecule has 2 N–H and O–H groups in total. The first-order valence-electron chi connectivity index (χ1n) is 10.2. The molecule has 0 spiro atoms. The topological polar surface area (TPSA) is 111 Å². The average molecular weight is 468 g/mol. The number of ether oxygens (including phenoxy) is 1. The lowest BCUT2D eigenvalue weighted by molar-refractivity contribution is -0.384. The first kappa shape index (κ1) is 23.7. The number of alkyl carbamates (subject to hydrolysis) is 1. The van der Waals surface area contributed by atoms with Crippen LogP contribution in [0.5, 0.6) is 0 Å². The van der Waals surface area contributed by atoms with Gasteiger partial charge in [-0.05, 0) is 29.3 Å². The average Bonchev–Trinajstić information content (AvgIpc) is 2.81. The van der Waals surface area contributed by atoms with Crippen LogP contribution in [0.2, 0.25) is 5.02 Å². The molecule has 33 heavy (non-hydrogen) atoms. The highest BCUT2D eigenvalue weighted by atomic mass is 35.5. The first-order chi connectivity index (χ1) is 15.9. The Morgan fingerprint density at radius 2 is 1.64 bits per heavy atom. The van der Waals surface area contributed by atoms with Gasteiger partial charge in [0.15, 0.2) is 0 Å². The molecule has 1 unspecified atom stereocenters. The van der Waals surface area contributed by atoms with E-state index in [0.29, 0.717) is 17.1 Å². The second-order valence-electron chi connectivity index (χ2n) is 7.16. The van der Waals surface area contributed by atoms with Crippen LogP contribution in [0.3, 0.4) is 0 Å². The maximum Gasteiger partial charge on any atom is 0.407 e. The summed E-state index contributed by atoms with van der Waals surface area (Å²) in [7, 11) is 0. The second kappa shape index (κ2) is 11.6. The second-order valence-corrected chi connectivity index (χ2v) is 7.56. The van der Waals surface area contributed by atoms with Gasteiger partial charge >= 0.3 is 6.09 Å². The van der Waals surface area contributed by atoms with Crippen molar-refractivity contribution in [2.24, 2.45) is 0 Å². The standard InChI is InChI=1S/C24H22ClN3O5/c25-21-9-5-4-8-18(21)14-15-33-24(30)27-22(16-17-6-2-1-3-7-17)23(29)26-19-10-12-20(13-11-19)28(31)32/h1-13,22H,14-16H2,(H,26,29)(H,27,30). The zero-order chi connectivity index (χ0) is 23.6. The van der Waals surface area contributed by atoms with Gasteiger partial charge in [0.2, 0.25) is 5.91 Å². The van der Waals surface area contributed by atoms with Crippen LogP contribution in [-0.4, -0.2) is 29.6 Å². The van der Waals surface area contributed by atoms with E-state index in [9.17, 15) is 19.7 Å². The van der Waals surface area contributed by atoms with Crippen molar-refractivity contribution in [1.82, 2.24) is 5.32 Å². The molecule has 0 fully saturated rings. The minimum Gasteiger partial charge on any atom is -0.449 e. The minimum atomic E-state index is -0.921. The Kier molecular flexibility index (Phi) is 8.37. The number of halogens is 1. The zero-order valence-electron chi connectivity index (χ0n) is 17.6. The third-order valence-corrected chi connectivity index (χ3v) is 5.17. The molecule has 0 aliphatic heterocycles. The van der Waals surface area contributed by atoms with E-state index in [2.05, 4.69) is 10.6 Å². The smallest absolute Gasteiger partial charge is 0.407 e. The number of hydrogen-bond acceptors (Lipinski definition) is 5. The Hall–Kier alpha value is -3.91. The lowest BCUT2D eigenvalue weighted by Gasteiger charge is -2.18. The summed E-state index contributed by atoms with van der Waals surface area (Å²) in [5.74, 6) is -0.476. The van der Waals surface area contributed by atoms with Crippen LogP contribution in [0.1, 0.15) is 11.1 Å². The Labute approximate surface area is 195 Å². The molecular formula is C24H22ClN3O5. The fourth-order valence-corrected chi connectivity index (χ4v) is 3.32. The van der Waals surface area contributed by atoms with E-state index in [1.54, 1.807) is 6.07 Å². The van der Waals surface area contributed by atoms with Crippen LogP contribution in [0.25, 0.3) is 0 Å². The maximum atomic E-state index is 12.9. The van der Waals surface area contributed by atoms with Gasteiger partial charge in [0.1, 0.15) is 6.04 Å². The van der Waals surface area contributed by atoms with Gasteiger partial charge in [0.25, 0.3) is 5.69 Å². The summed E-state index contributed by atoms with van der Waals surface area (Å²) in [6, 6.07) is 21.0. The molecule has 9 heteroatoms. The van der Waals surface area contributed by atoms with E-state index in [0.717, 1.165) is 11.1 Å². The molecule has 0 aromatic heterocycles. The van der Waals surface area contributed by atoms with Gasteiger partial charge in [0.05, 0.1) is 11.5 Å². The van der Waals surface area contributed by atoms with Crippen LogP contribution in [0, 0.1) is 10.1 Å². The fraction of sp³-hybridized carbons (Fsp3) is 0.167. The van der Waals surface area contributed by atoms with Gasteiger partial charge in [0, 0.05) is 35.7 Å². The number of amides is 2. The zero-order valence-corrected chi connectivity index (χ0v) is 18.3. The van der Waals surface area contributed by atoms with E-state index in [1.165, 1.54) is 24.3 Å². The molecule has 0 saturated heterocycles. The van der Waals surface area contributed by atoms with E-state index >= 15 is 0 Å². The summed E-state index contributed by atoms with van der Waals surface area (Å²) in [6.07, 6.45) is -0.0631. The van der Waals surface area contributed by atoms with E-state index in [1.807, 2.05) is 48.5 Å². The SMILES string of the molecule is O=C(NC(Cc1ccccc1)C(=O)Nc1ccc([N+](=O)[O-])cc1)OCCc1ccccc1Cl. The lowest BCUT2D eigenvalue weighted by Crippen LogP contribution is -2.45. The number of carbonyl (C=O) groups is 2. The number of nitrogens with one attached hydrogen (secondary N) is 2. The van der Waals surface area contributed by atoms with Crippen molar-refractivity contribution in [1.29, 1.82) is 0 Å². The van der Waals surface area contributed by atoms with Gasteiger partial charge in [-0.25, -0.2) is 4.79 Å². The molecular weight excluding hydrogens is 446 g/mol. The number of nitro groups is 1. The van der Waals surface area contributed by atoms with Gasteiger partial charge in [-0.1, -0.05) is 60.1 Å². The van der Waals surface area contributed by atoms with E-state index < -0.39 is 23.0 Å². The van der Waals surface area contributed by atoms with Gasteiger partial charge in [-0.3, -0.25) is 14.9 Å². The molecule has 0 heterocycles. The number of hydrogen-bond donors (Lipinski definition) is 2. The van der Waals surface area contributed by atoms with Crippen molar-refractivity contribution in [3.8, 4) is 0 Å². The molecule has 8 nitrogen and oxygen atoms in total. The Morgan fingerprint density at radius 3 is 2.30 bits per heavy atom. The van der Waals surface area contributed by atoms with Gasteiger partial charge < -0.3 is 15.4 Å². The minimum absolute atomic E-state index is 0.0888. The van der Waals surface area contributed by atoms with Crippen LogP contribution in [-0.2, 0) is 22.4 Å². The monoisotopic (exact) mass is 467 g/mol. The van der Waals surface area contributed by atoms with Crippen molar-refractivity contribution in [2.75, 3.05) is 11.9 Å². The highest BCUT2D eigenvalue weighted by molar-refractivity contribution is 6.31. The lowest BCUT2D eigenvalue weighted by atomic mass is 10.1. The first-order valence-corrected chi connectivity index (χ1v) is 10.6. The molecule has 3 rings (SSSR count). The molecule has 0 radical (unpaired) electrons. The van der Waals surface area contributed by atoms with Crippen LogP contribution >= 0.6 is 11.6 Å². The predicted molar refractivity (Wildman–Crippen MR) is 125 cm³/mol. The summed E-state index contributed by atoms with van der Waals surface area (Å²) in [5, 5.41) is 16.7. The number of nitrogens with zero attached hydrogens (tertiary/aromatic N) is 1. The summed E-state index contributed by atoms with van der Waals surface area (Å²) in [4.78, 5) is 35.5. The van der Waals surface area contributed by atoms with Crippen molar-refractivity contribution < 1.29 is 19.2 Å². The summed E-state index contributed by atoms with van der Waals surface area (Å²) < 4.78 is 5.25. The number of non-ortho nitro benzene ring substituents is 1. The highest BCUT2D eigenvalue weighted by Gasteiger charge is 2.22. The molecule has 3 aromatic rings. The summed E-state index contributed by atoms with van der Waals surface area (Å²) >= 11 is 6.11. The fourth-order valence-electron chi connectivity index (χ4n) is 3.09. The number of anilines is 1. The Bertz CT molecular complexity index is 1110. The molecule has 1 atom stereocenters. The van der Waals surface area contributed by atoms with Gasteiger partial charge in [-0.15, -0.1) is 0 Å². The number of nitro benzene ring substituents is 1. The highest BCUT2D eigenvalue weighted by Crippen LogP contribution is 2.17. The van der Waals surface area contributed by atoms with Crippen LogP contribution in [0.4, 0.5) is 16.2 Å². The molecule has 2 amide bonds. The number of rotatable bonds is 9. The maximum absolute atomic E-state index is 12.9. The summed E-state index contributed by atoms with van der Waals surface area (Å²) in [5.41, 5.74) is 1.98. The summed E-state index contributed by atoms with van der Waals surface area (Å²) in [6.45, 7) is 0.0948. The van der Waals surface area contributed by atoms with Crippen molar-refractivity contribution in [3.63, 3.8) is 0 Å². The van der Waals surface area contributed by atoms with Crippen molar-refractivity contribution >= 4 is 35.0 Å². The quantitative estimate of drug-likeness (QED) is 0.348. The van der Waals surface area contributed by atoms with E-state index in [4.69, 9.17) is 16.3 Å².